The molecule has 2 heterocycles. The zero-order valence-corrected chi connectivity index (χ0v) is 18.1. The van der Waals surface area contributed by atoms with E-state index in [4.69, 9.17) is 16.3 Å². The number of hydrogen-bond acceptors (Lipinski definition) is 5. The molecule has 0 aromatic heterocycles. The van der Waals surface area contributed by atoms with Crippen LogP contribution in [0.2, 0.25) is 5.02 Å². The van der Waals surface area contributed by atoms with E-state index in [-0.39, 0.29) is 21.6 Å². The lowest BCUT2D eigenvalue weighted by Crippen LogP contribution is -2.40. The zero-order valence-electron chi connectivity index (χ0n) is 16.6. The van der Waals surface area contributed by atoms with Gasteiger partial charge in [0.05, 0.1) is 10.6 Å². The summed E-state index contributed by atoms with van der Waals surface area (Å²) < 4.78 is 33.3. The fourth-order valence-electron chi connectivity index (χ4n) is 3.95. The Balaban J connectivity index is 1.78. The van der Waals surface area contributed by atoms with Crippen LogP contribution in [0.1, 0.15) is 49.9 Å². The molecule has 2 unspecified atom stereocenters. The molecule has 0 N–H and O–H groups in total. The van der Waals surface area contributed by atoms with Gasteiger partial charge in [-0.15, -0.1) is 0 Å². The predicted molar refractivity (Wildman–Crippen MR) is 109 cm³/mol. The van der Waals surface area contributed by atoms with Crippen LogP contribution in [0, 0.1) is 5.92 Å². The summed E-state index contributed by atoms with van der Waals surface area (Å²) in [5.74, 6) is -0.189. The quantitative estimate of drug-likeness (QED) is 0.672. The minimum absolute atomic E-state index is 0.0171. The SMILES string of the molecule is CCN1CCCC(OC(=O)c2ccc(Cl)c(S(=O)(=O)N3CCCC(C)C3)c2)C1. The number of nitrogens with zero attached hydrogens (tertiary/aromatic N) is 2. The van der Waals surface area contributed by atoms with Crippen LogP contribution >= 0.6 is 11.6 Å². The first-order valence-electron chi connectivity index (χ1n) is 10.0. The highest BCUT2D eigenvalue weighted by atomic mass is 35.5. The number of ether oxygens (including phenoxy) is 1. The van der Waals surface area contributed by atoms with Crippen molar-refractivity contribution in [3.63, 3.8) is 0 Å². The lowest BCUT2D eigenvalue weighted by atomic mass is 10.0. The Morgan fingerprint density at radius 1 is 1.21 bits per heavy atom. The number of hydrogen-bond donors (Lipinski definition) is 0. The number of benzene rings is 1. The summed E-state index contributed by atoms with van der Waals surface area (Å²) in [7, 11) is -3.74. The van der Waals surface area contributed by atoms with Gasteiger partial charge in [0.2, 0.25) is 10.0 Å². The smallest absolute Gasteiger partial charge is 0.338 e. The molecule has 28 heavy (non-hydrogen) atoms. The molecule has 3 rings (SSSR count). The molecule has 1 aromatic carbocycles. The van der Waals surface area contributed by atoms with Crippen molar-refractivity contribution < 1.29 is 17.9 Å². The number of piperidine rings is 2. The van der Waals surface area contributed by atoms with Gasteiger partial charge in [-0.2, -0.15) is 4.31 Å². The Kier molecular flexibility index (Phi) is 7.02. The Morgan fingerprint density at radius 2 is 1.96 bits per heavy atom. The Hall–Kier alpha value is -1.15. The van der Waals surface area contributed by atoms with Crippen molar-refractivity contribution in [1.82, 2.24) is 9.21 Å². The van der Waals surface area contributed by atoms with E-state index >= 15 is 0 Å². The van der Waals surface area contributed by atoms with Gasteiger partial charge in [0.15, 0.2) is 0 Å². The van der Waals surface area contributed by atoms with Gasteiger partial charge in [0, 0.05) is 19.6 Å². The second-order valence-corrected chi connectivity index (χ2v) is 10.1. The zero-order chi connectivity index (χ0) is 20.3. The summed E-state index contributed by atoms with van der Waals surface area (Å²) >= 11 is 6.21. The summed E-state index contributed by atoms with van der Waals surface area (Å²) in [5, 5.41) is 0.129. The summed E-state index contributed by atoms with van der Waals surface area (Å²) in [6.07, 6.45) is 3.49. The molecule has 156 valence electrons. The van der Waals surface area contributed by atoms with Crippen molar-refractivity contribution in [2.75, 3.05) is 32.7 Å². The third-order valence-corrected chi connectivity index (χ3v) is 7.93. The van der Waals surface area contributed by atoms with Crippen LogP contribution in [0.5, 0.6) is 0 Å². The number of carbonyl (C=O) groups is 1. The first-order valence-corrected chi connectivity index (χ1v) is 11.9. The molecular formula is C20H29ClN2O4S. The van der Waals surface area contributed by atoms with E-state index in [1.54, 1.807) is 0 Å². The van der Waals surface area contributed by atoms with Crippen molar-refractivity contribution in [3.8, 4) is 0 Å². The summed E-state index contributed by atoms with van der Waals surface area (Å²) in [5.41, 5.74) is 0.224. The van der Waals surface area contributed by atoms with E-state index in [0.29, 0.717) is 25.6 Å². The van der Waals surface area contributed by atoms with Crippen molar-refractivity contribution in [2.45, 2.75) is 50.5 Å². The van der Waals surface area contributed by atoms with Gasteiger partial charge in [0.1, 0.15) is 11.0 Å². The van der Waals surface area contributed by atoms with Crippen LogP contribution < -0.4 is 0 Å². The van der Waals surface area contributed by atoms with Crippen molar-refractivity contribution in [3.05, 3.63) is 28.8 Å². The highest BCUT2D eigenvalue weighted by Crippen LogP contribution is 2.29. The molecule has 1 aromatic rings. The van der Waals surface area contributed by atoms with Crippen LogP contribution in [0.4, 0.5) is 0 Å². The third-order valence-electron chi connectivity index (χ3n) is 5.59. The van der Waals surface area contributed by atoms with Crippen molar-refractivity contribution in [1.29, 1.82) is 0 Å². The van der Waals surface area contributed by atoms with Crippen molar-refractivity contribution in [2.24, 2.45) is 5.92 Å². The lowest BCUT2D eigenvalue weighted by Gasteiger charge is -2.31. The van der Waals surface area contributed by atoms with Crippen LogP contribution in [0.25, 0.3) is 0 Å². The van der Waals surface area contributed by atoms with E-state index in [9.17, 15) is 13.2 Å². The molecule has 2 fully saturated rings. The van der Waals surface area contributed by atoms with Gasteiger partial charge in [-0.3, -0.25) is 4.90 Å². The van der Waals surface area contributed by atoms with Crippen LogP contribution in [0.15, 0.2) is 23.1 Å². The fraction of sp³-hybridized carbons (Fsp3) is 0.650. The first kappa shape index (κ1) is 21.6. The Morgan fingerprint density at radius 3 is 2.68 bits per heavy atom. The number of likely N-dealkylation sites (N-methyl/N-ethyl adjacent to an activating group) is 1. The third kappa shape index (κ3) is 4.87. The number of halogens is 1. The molecule has 2 aliphatic rings. The largest absolute Gasteiger partial charge is 0.457 e. The maximum atomic E-state index is 13.1. The molecule has 8 heteroatoms. The Labute approximate surface area is 172 Å². The summed E-state index contributed by atoms with van der Waals surface area (Å²) in [6.45, 7) is 7.73. The average Bonchev–Trinajstić information content (AvgIpc) is 2.68. The summed E-state index contributed by atoms with van der Waals surface area (Å²) in [6, 6.07) is 4.36. The van der Waals surface area contributed by atoms with Gasteiger partial charge < -0.3 is 4.74 Å². The minimum atomic E-state index is -3.74. The molecule has 6 nitrogen and oxygen atoms in total. The molecular weight excluding hydrogens is 400 g/mol. The molecule has 2 aliphatic heterocycles. The monoisotopic (exact) mass is 428 g/mol. The average molecular weight is 429 g/mol. The molecule has 0 amide bonds. The van der Waals surface area contributed by atoms with Gasteiger partial charge in [-0.25, -0.2) is 13.2 Å². The molecule has 0 saturated carbocycles. The highest BCUT2D eigenvalue weighted by molar-refractivity contribution is 7.89. The number of sulfonamides is 1. The van der Waals surface area contributed by atoms with Gasteiger partial charge >= 0.3 is 5.97 Å². The lowest BCUT2D eigenvalue weighted by molar-refractivity contribution is 0.00772. The fourth-order valence-corrected chi connectivity index (χ4v) is 6.05. The normalized spacial score (nSPS) is 24.8. The molecule has 0 aliphatic carbocycles. The minimum Gasteiger partial charge on any atom is -0.457 e. The second kappa shape index (κ2) is 9.11. The second-order valence-electron chi connectivity index (χ2n) is 7.82. The maximum Gasteiger partial charge on any atom is 0.338 e. The van der Waals surface area contributed by atoms with Crippen LogP contribution in [-0.4, -0.2) is 62.4 Å². The molecule has 2 saturated heterocycles. The van der Waals surface area contributed by atoms with E-state index in [2.05, 4.69) is 11.8 Å². The van der Waals surface area contributed by atoms with E-state index in [1.807, 2.05) is 6.92 Å². The Bertz CT molecular complexity index is 814. The maximum absolute atomic E-state index is 13.1. The van der Waals surface area contributed by atoms with Gasteiger partial charge in [-0.1, -0.05) is 25.4 Å². The van der Waals surface area contributed by atoms with Crippen LogP contribution in [-0.2, 0) is 14.8 Å². The van der Waals surface area contributed by atoms with E-state index < -0.39 is 16.0 Å². The number of likely N-dealkylation sites (tertiary alicyclic amines) is 1. The van der Waals surface area contributed by atoms with Crippen LogP contribution in [0.3, 0.4) is 0 Å². The number of esters is 1. The predicted octanol–water partition coefficient (Wildman–Crippen LogP) is 3.40. The topological polar surface area (TPSA) is 66.9 Å². The van der Waals surface area contributed by atoms with Gasteiger partial charge in [-0.05, 0) is 62.9 Å². The van der Waals surface area contributed by atoms with Crippen molar-refractivity contribution >= 4 is 27.6 Å². The first-order chi connectivity index (χ1) is 13.3. The number of carbonyl (C=O) groups excluding carboxylic acids is 1. The number of rotatable bonds is 5. The molecule has 0 spiro atoms. The van der Waals surface area contributed by atoms with E-state index in [1.165, 1.54) is 22.5 Å². The molecule has 2 atom stereocenters. The highest BCUT2D eigenvalue weighted by Gasteiger charge is 2.31. The van der Waals surface area contributed by atoms with E-state index in [0.717, 1.165) is 38.8 Å². The standard InChI is InChI=1S/C20H29ClN2O4S/c1-3-22-10-5-7-17(14-22)27-20(24)16-8-9-18(21)19(12-16)28(25,26)23-11-4-6-15(2)13-23/h8-9,12,15,17H,3-7,10-11,13-14H2,1-2H3. The molecule has 0 radical (unpaired) electrons. The molecule has 0 bridgehead atoms. The van der Waals surface area contributed by atoms with Gasteiger partial charge in [0.25, 0.3) is 0 Å². The summed E-state index contributed by atoms with van der Waals surface area (Å²) in [4.78, 5) is 14.9.